The van der Waals surface area contributed by atoms with Gasteiger partial charge in [-0.15, -0.1) is 0 Å². The summed E-state index contributed by atoms with van der Waals surface area (Å²) in [7, 11) is 0. The Morgan fingerprint density at radius 2 is 2.11 bits per heavy atom. The first-order valence-electron chi connectivity index (χ1n) is 6.85. The van der Waals surface area contributed by atoms with E-state index in [1.165, 1.54) is 12.8 Å². The molecule has 0 radical (unpaired) electrons. The quantitative estimate of drug-likeness (QED) is 0.842. The first-order chi connectivity index (χ1) is 9.38. The zero-order valence-electron chi connectivity index (χ0n) is 11.2. The van der Waals surface area contributed by atoms with Crippen LogP contribution in [0.3, 0.4) is 0 Å². The fourth-order valence-corrected chi connectivity index (χ4v) is 2.08. The van der Waals surface area contributed by atoms with Crippen LogP contribution in [0.25, 0.3) is 0 Å². The van der Waals surface area contributed by atoms with E-state index in [4.69, 9.17) is 15.2 Å². The molecule has 1 aliphatic rings. The summed E-state index contributed by atoms with van der Waals surface area (Å²) < 4.78 is 11.3. The zero-order valence-corrected chi connectivity index (χ0v) is 11.2. The van der Waals surface area contributed by atoms with Crippen LogP contribution in [0.4, 0.5) is 0 Å². The summed E-state index contributed by atoms with van der Waals surface area (Å²) in [4.78, 5) is 0. The fourth-order valence-electron chi connectivity index (χ4n) is 2.08. The summed E-state index contributed by atoms with van der Waals surface area (Å²) in [6.45, 7) is 2.59. The second-order valence-corrected chi connectivity index (χ2v) is 4.71. The SMILES string of the molecule is NCC#Cc1ccc(COCC2CCCCO2)cc1. The van der Waals surface area contributed by atoms with Crippen LogP contribution in [0.15, 0.2) is 24.3 Å². The maximum atomic E-state index is 5.70. The molecule has 0 aromatic heterocycles. The van der Waals surface area contributed by atoms with Crippen molar-refractivity contribution in [2.75, 3.05) is 19.8 Å². The number of ether oxygens (including phenoxy) is 2. The Morgan fingerprint density at radius 1 is 1.26 bits per heavy atom. The van der Waals surface area contributed by atoms with E-state index in [-0.39, 0.29) is 6.10 Å². The third-order valence-corrected chi connectivity index (χ3v) is 3.14. The average molecular weight is 259 g/mol. The molecule has 1 fully saturated rings. The highest BCUT2D eigenvalue weighted by molar-refractivity contribution is 5.36. The van der Waals surface area contributed by atoms with Crippen molar-refractivity contribution in [2.24, 2.45) is 5.73 Å². The second-order valence-electron chi connectivity index (χ2n) is 4.71. The third kappa shape index (κ3) is 5.04. The minimum absolute atomic E-state index is 0.281. The zero-order chi connectivity index (χ0) is 13.3. The monoisotopic (exact) mass is 259 g/mol. The van der Waals surface area contributed by atoms with Crippen molar-refractivity contribution in [1.82, 2.24) is 0 Å². The number of rotatable bonds is 4. The topological polar surface area (TPSA) is 44.5 Å². The summed E-state index contributed by atoms with van der Waals surface area (Å²) in [5.74, 6) is 5.84. The van der Waals surface area contributed by atoms with Gasteiger partial charge in [0.15, 0.2) is 0 Å². The predicted octanol–water partition coefficient (Wildman–Crippen LogP) is 2.08. The van der Waals surface area contributed by atoms with E-state index in [9.17, 15) is 0 Å². The lowest BCUT2D eigenvalue weighted by atomic mass is 10.1. The van der Waals surface area contributed by atoms with Gasteiger partial charge in [0.2, 0.25) is 0 Å². The Balaban J connectivity index is 1.73. The molecule has 0 aliphatic carbocycles. The van der Waals surface area contributed by atoms with Gasteiger partial charge in [-0.3, -0.25) is 0 Å². The highest BCUT2D eigenvalue weighted by Gasteiger charge is 2.13. The van der Waals surface area contributed by atoms with Crippen LogP contribution in [0.2, 0.25) is 0 Å². The highest BCUT2D eigenvalue weighted by Crippen LogP contribution is 2.13. The third-order valence-electron chi connectivity index (χ3n) is 3.14. The van der Waals surface area contributed by atoms with E-state index < -0.39 is 0 Å². The lowest BCUT2D eigenvalue weighted by Gasteiger charge is -2.22. The molecular formula is C16H21NO2. The van der Waals surface area contributed by atoms with E-state index >= 15 is 0 Å². The summed E-state index contributed by atoms with van der Waals surface area (Å²) >= 11 is 0. The normalized spacial score (nSPS) is 18.7. The summed E-state index contributed by atoms with van der Waals surface area (Å²) in [6, 6.07) is 8.08. The fraction of sp³-hybridized carbons (Fsp3) is 0.500. The first kappa shape index (κ1) is 14.1. The number of benzene rings is 1. The molecule has 0 spiro atoms. The molecule has 1 aliphatic heterocycles. The van der Waals surface area contributed by atoms with Crippen LogP contribution in [0.5, 0.6) is 0 Å². The number of nitrogens with two attached hydrogens (primary N) is 1. The smallest absolute Gasteiger partial charge is 0.0808 e. The summed E-state index contributed by atoms with van der Waals surface area (Å²) in [5.41, 5.74) is 7.49. The molecule has 0 amide bonds. The van der Waals surface area contributed by atoms with Gasteiger partial charge in [-0.2, -0.15) is 0 Å². The van der Waals surface area contributed by atoms with Crippen LogP contribution in [0.1, 0.15) is 30.4 Å². The Labute approximate surface area is 115 Å². The summed E-state index contributed by atoms with van der Waals surface area (Å²) in [5, 5.41) is 0. The molecule has 2 rings (SSSR count). The van der Waals surface area contributed by atoms with Gasteiger partial charge in [0.05, 0.1) is 25.9 Å². The van der Waals surface area contributed by atoms with Crippen LogP contribution in [-0.2, 0) is 16.1 Å². The van der Waals surface area contributed by atoms with Gasteiger partial charge in [-0.05, 0) is 37.0 Å². The number of hydrogen-bond donors (Lipinski definition) is 1. The molecule has 1 unspecified atom stereocenters. The van der Waals surface area contributed by atoms with E-state index in [1.807, 2.05) is 24.3 Å². The van der Waals surface area contributed by atoms with Crippen LogP contribution < -0.4 is 5.73 Å². The standard InChI is InChI=1S/C16H21NO2/c17-10-3-4-14-6-8-15(9-7-14)12-18-13-16-5-1-2-11-19-16/h6-9,16H,1-2,5,10-13,17H2. The Kier molecular flexibility index (Phi) is 5.90. The molecule has 3 nitrogen and oxygen atoms in total. The van der Waals surface area contributed by atoms with Crippen molar-refractivity contribution in [3.8, 4) is 11.8 Å². The van der Waals surface area contributed by atoms with Crippen LogP contribution in [0, 0.1) is 11.8 Å². The van der Waals surface area contributed by atoms with Gasteiger partial charge < -0.3 is 15.2 Å². The molecule has 1 heterocycles. The van der Waals surface area contributed by atoms with E-state index in [0.717, 1.165) is 24.2 Å². The molecular weight excluding hydrogens is 238 g/mol. The largest absolute Gasteiger partial charge is 0.376 e. The Morgan fingerprint density at radius 3 is 2.79 bits per heavy atom. The molecule has 0 saturated carbocycles. The molecule has 2 N–H and O–H groups in total. The number of hydrogen-bond acceptors (Lipinski definition) is 3. The maximum Gasteiger partial charge on any atom is 0.0808 e. The van der Waals surface area contributed by atoms with Gasteiger partial charge >= 0.3 is 0 Å². The molecule has 1 saturated heterocycles. The van der Waals surface area contributed by atoms with Gasteiger partial charge in [0.1, 0.15) is 0 Å². The van der Waals surface area contributed by atoms with E-state index in [2.05, 4.69) is 11.8 Å². The lowest BCUT2D eigenvalue weighted by molar-refractivity contribution is -0.0447. The van der Waals surface area contributed by atoms with E-state index in [1.54, 1.807) is 0 Å². The van der Waals surface area contributed by atoms with Crippen molar-refractivity contribution in [3.05, 3.63) is 35.4 Å². The minimum atomic E-state index is 0.281. The van der Waals surface area contributed by atoms with Gasteiger partial charge in [-0.25, -0.2) is 0 Å². The maximum absolute atomic E-state index is 5.70. The van der Waals surface area contributed by atoms with Crippen molar-refractivity contribution >= 4 is 0 Å². The Hall–Kier alpha value is -1.34. The van der Waals surface area contributed by atoms with Crippen molar-refractivity contribution in [1.29, 1.82) is 0 Å². The van der Waals surface area contributed by atoms with Gasteiger partial charge in [-0.1, -0.05) is 24.0 Å². The molecule has 1 aromatic rings. The van der Waals surface area contributed by atoms with E-state index in [0.29, 0.717) is 19.8 Å². The predicted molar refractivity (Wildman–Crippen MR) is 75.6 cm³/mol. The molecule has 3 heteroatoms. The molecule has 1 aromatic carbocycles. The van der Waals surface area contributed by atoms with Gasteiger partial charge in [0, 0.05) is 12.2 Å². The summed E-state index contributed by atoms with van der Waals surface area (Å²) in [6.07, 6.45) is 3.83. The average Bonchev–Trinajstić information content (AvgIpc) is 2.47. The molecule has 19 heavy (non-hydrogen) atoms. The molecule has 1 atom stereocenters. The van der Waals surface area contributed by atoms with Crippen molar-refractivity contribution in [2.45, 2.75) is 32.0 Å². The Bertz CT molecular complexity index is 424. The highest BCUT2D eigenvalue weighted by atomic mass is 16.5. The second kappa shape index (κ2) is 7.96. The van der Waals surface area contributed by atoms with Crippen LogP contribution in [-0.4, -0.2) is 25.9 Å². The van der Waals surface area contributed by atoms with Crippen molar-refractivity contribution < 1.29 is 9.47 Å². The van der Waals surface area contributed by atoms with Gasteiger partial charge in [0.25, 0.3) is 0 Å². The van der Waals surface area contributed by atoms with Crippen molar-refractivity contribution in [3.63, 3.8) is 0 Å². The molecule has 102 valence electrons. The lowest BCUT2D eigenvalue weighted by Crippen LogP contribution is -2.24. The minimum Gasteiger partial charge on any atom is -0.376 e. The molecule has 0 bridgehead atoms. The van der Waals surface area contributed by atoms with Crippen LogP contribution >= 0.6 is 0 Å². The first-order valence-corrected chi connectivity index (χ1v) is 6.85.